The number of alkyl halides is 2. The highest BCUT2D eigenvalue weighted by Gasteiger charge is 2.44. The van der Waals surface area contributed by atoms with Crippen LogP contribution in [0.3, 0.4) is 0 Å². The SMILES string of the molecule is Cc1ccc(NC(=O)C(C)(C)c2ccc3c(c2)OC(F)(F)O3)nc1-c1ccc2c(c1)NC(C)(C)C2. The van der Waals surface area contributed by atoms with E-state index in [1.54, 1.807) is 26.0 Å². The molecule has 1 amide bonds. The van der Waals surface area contributed by atoms with Crippen molar-refractivity contribution in [3.63, 3.8) is 0 Å². The van der Waals surface area contributed by atoms with Crippen LogP contribution in [0.15, 0.2) is 48.5 Å². The number of halogens is 2. The first kappa shape index (κ1) is 23.1. The molecule has 0 bridgehead atoms. The molecule has 0 unspecified atom stereocenters. The van der Waals surface area contributed by atoms with Gasteiger partial charge in [-0.2, -0.15) is 0 Å². The molecule has 2 aliphatic rings. The van der Waals surface area contributed by atoms with Gasteiger partial charge in [0, 0.05) is 16.8 Å². The Balaban J connectivity index is 1.39. The Labute approximate surface area is 202 Å². The van der Waals surface area contributed by atoms with Crippen molar-refractivity contribution in [2.75, 3.05) is 10.6 Å². The maximum absolute atomic E-state index is 13.4. The number of rotatable bonds is 4. The summed E-state index contributed by atoms with van der Waals surface area (Å²) in [5.41, 5.74) is 4.55. The lowest BCUT2D eigenvalue weighted by Crippen LogP contribution is -2.35. The summed E-state index contributed by atoms with van der Waals surface area (Å²) in [6.07, 6.45) is -2.75. The molecule has 2 aliphatic heterocycles. The van der Waals surface area contributed by atoms with E-state index in [-0.39, 0.29) is 22.9 Å². The third kappa shape index (κ3) is 4.29. The first-order valence-corrected chi connectivity index (χ1v) is 11.4. The third-order valence-electron chi connectivity index (χ3n) is 6.52. The number of anilines is 2. The number of amides is 1. The summed E-state index contributed by atoms with van der Waals surface area (Å²) in [6, 6.07) is 14.3. The summed E-state index contributed by atoms with van der Waals surface area (Å²) in [4.78, 5) is 18.0. The Morgan fingerprint density at radius 1 is 1.06 bits per heavy atom. The van der Waals surface area contributed by atoms with Crippen LogP contribution in [0.4, 0.5) is 20.3 Å². The minimum Gasteiger partial charge on any atom is -0.395 e. The quantitative estimate of drug-likeness (QED) is 0.477. The summed E-state index contributed by atoms with van der Waals surface area (Å²) in [6.45, 7) is 9.73. The predicted molar refractivity (Wildman–Crippen MR) is 130 cm³/mol. The second kappa shape index (κ2) is 7.66. The summed E-state index contributed by atoms with van der Waals surface area (Å²) in [7, 11) is 0. The molecule has 2 N–H and O–H groups in total. The summed E-state index contributed by atoms with van der Waals surface area (Å²) in [5.74, 6) is -0.0860. The van der Waals surface area contributed by atoms with Gasteiger partial charge in [-0.15, -0.1) is 8.78 Å². The number of hydrogen-bond donors (Lipinski definition) is 2. The number of hydrogen-bond acceptors (Lipinski definition) is 5. The molecule has 3 aromatic rings. The minimum atomic E-state index is -3.71. The van der Waals surface area contributed by atoms with E-state index in [2.05, 4.69) is 52.2 Å². The standard InChI is InChI=1S/C27H27F2N3O3/c1-15-6-11-22(30-23(15)16-7-8-17-14-25(2,3)32-19(17)12-16)31-24(33)26(4,5)18-9-10-20-21(13-18)35-27(28,29)34-20/h6-13,32H,14H2,1-5H3,(H,30,31,33). The van der Waals surface area contributed by atoms with Crippen molar-refractivity contribution >= 4 is 17.4 Å². The molecule has 0 aliphatic carbocycles. The average Bonchev–Trinajstić information content (AvgIpc) is 3.25. The van der Waals surface area contributed by atoms with E-state index in [0.717, 1.165) is 28.9 Å². The monoisotopic (exact) mass is 479 g/mol. The number of nitrogens with zero attached hydrogens (tertiary/aromatic N) is 1. The number of benzene rings is 2. The summed E-state index contributed by atoms with van der Waals surface area (Å²) < 4.78 is 35.8. The number of ether oxygens (including phenoxy) is 2. The molecule has 6 nitrogen and oxygen atoms in total. The van der Waals surface area contributed by atoms with Crippen LogP contribution in [-0.4, -0.2) is 22.7 Å². The number of aryl methyl sites for hydroxylation is 1. The number of carbonyl (C=O) groups excluding carboxylic acids is 1. The molecule has 3 heterocycles. The van der Waals surface area contributed by atoms with E-state index in [9.17, 15) is 13.6 Å². The van der Waals surface area contributed by atoms with E-state index < -0.39 is 11.7 Å². The minimum absolute atomic E-state index is 0.00938. The Morgan fingerprint density at radius 3 is 2.57 bits per heavy atom. The number of nitrogens with one attached hydrogen (secondary N) is 2. The molecule has 182 valence electrons. The Bertz CT molecular complexity index is 1350. The first-order valence-electron chi connectivity index (χ1n) is 11.4. The van der Waals surface area contributed by atoms with Gasteiger partial charge in [0.1, 0.15) is 5.82 Å². The van der Waals surface area contributed by atoms with Gasteiger partial charge in [-0.25, -0.2) is 4.98 Å². The van der Waals surface area contributed by atoms with Crippen LogP contribution in [0.5, 0.6) is 11.5 Å². The lowest BCUT2D eigenvalue weighted by atomic mass is 9.83. The van der Waals surface area contributed by atoms with Crippen molar-refractivity contribution in [2.24, 2.45) is 0 Å². The van der Waals surface area contributed by atoms with Gasteiger partial charge in [-0.1, -0.05) is 24.3 Å². The van der Waals surface area contributed by atoms with Gasteiger partial charge in [0.15, 0.2) is 11.5 Å². The molecule has 0 atom stereocenters. The second-order valence-corrected chi connectivity index (χ2v) is 10.3. The zero-order valence-corrected chi connectivity index (χ0v) is 20.3. The lowest BCUT2D eigenvalue weighted by Gasteiger charge is -2.24. The van der Waals surface area contributed by atoms with Gasteiger partial charge in [0.25, 0.3) is 0 Å². The fourth-order valence-corrected chi connectivity index (χ4v) is 4.51. The Morgan fingerprint density at radius 2 is 1.80 bits per heavy atom. The van der Waals surface area contributed by atoms with Crippen LogP contribution in [0, 0.1) is 6.92 Å². The molecule has 35 heavy (non-hydrogen) atoms. The summed E-state index contributed by atoms with van der Waals surface area (Å²) in [5, 5.41) is 6.43. The van der Waals surface area contributed by atoms with Gasteiger partial charge in [-0.3, -0.25) is 4.79 Å². The number of pyridine rings is 1. The van der Waals surface area contributed by atoms with E-state index >= 15 is 0 Å². The molecule has 0 saturated heterocycles. The lowest BCUT2D eigenvalue weighted by molar-refractivity contribution is -0.286. The van der Waals surface area contributed by atoms with E-state index in [1.807, 2.05) is 13.0 Å². The Kier molecular flexibility index (Phi) is 5.05. The van der Waals surface area contributed by atoms with Gasteiger partial charge in [0.2, 0.25) is 5.91 Å². The molecule has 5 rings (SSSR count). The van der Waals surface area contributed by atoms with Crippen LogP contribution in [0.1, 0.15) is 44.4 Å². The zero-order valence-electron chi connectivity index (χ0n) is 20.3. The van der Waals surface area contributed by atoms with Crippen molar-refractivity contribution in [3.05, 3.63) is 65.2 Å². The normalized spacial score (nSPS) is 17.0. The fraction of sp³-hybridized carbons (Fsp3) is 0.333. The van der Waals surface area contributed by atoms with Crippen LogP contribution < -0.4 is 20.1 Å². The largest absolute Gasteiger partial charge is 0.586 e. The van der Waals surface area contributed by atoms with Crippen molar-refractivity contribution in [2.45, 2.75) is 58.3 Å². The van der Waals surface area contributed by atoms with Crippen LogP contribution in [-0.2, 0) is 16.6 Å². The van der Waals surface area contributed by atoms with E-state index in [1.165, 1.54) is 17.7 Å². The van der Waals surface area contributed by atoms with E-state index in [0.29, 0.717) is 11.4 Å². The molecule has 0 spiro atoms. The highest BCUT2D eigenvalue weighted by atomic mass is 19.3. The molecule has 0 radical (unpaired) electrons. The number of aromatic nitrogens is 1. The summed E-state index contributed by atoms with van der Waals surface area (Å²) >= 11 is 0. The zero-order chi connectivity index (χ0) is 25.2. The van der Waals surface area contributed by atoms with Crippen molar-refractivity contribution in [1.82, 2.24) is 4.98 Å². The van der Waals surface area contributed by atoms with Crippen LogP contribution in [0.2, 0.25) is 0 Å². The predicted octanol–water partition coefficient (Wildman–Crippen LogP) is 6.04. The topological polar surface area (TPSA) is 72.5 Å². The highest BCUT2D eigenvalue weighted by molar-refractivity contribution is 5.98. The Hall–Kier alpha value is -3.68. The molecular weight excluding hydrogens is 452 g/mol. The fourth-order valence-electron chi connectivity index (χ4n) is 4.51. The van der Waals surface area contributed by atoms with Gasteiger partial charge >= 0.3 is 6.29 Å². The molecule has 0 fully saturated rings. The van der Waals surface area contributed by atoms with Crippen molar-refractivity contribution < 1.29 is 23.0 Å². The van der Waals surface area contributed by atoms with E-state index in [4.69, 9.17) is 4.98 Å². The van der Waals surface area contributed by atoms with Crippen molar-refractivity contribution in [1.29, 1.82) is 0 Å². The van der Waals surface area contributed by atoms with Gasteiger partial charge in [0.05, 0.1) is 11.1 Å². The number of carbonyl (C=O) groups is 1. The average molecular weight is 480 g/mol. The van der Waals surface area contributed by atoms with Crippen LogP contribution >= 0.6 is 0 Å². The first-order chi connectivity index (χ1) is 16.3. The van der Waals surface area contributed by atoms with Crippen LogP contribution in [0.25, 0.3) is 11.3 Å². The highest BCUT2D eigenvalue weighted by Crippen LogP contribution is 2.43. The molecule has 0 saturated carbocycles. The molecule has 2 aromatic carbocycles. The maximum Gasteiger partial charge on any atom is 0.586 e. The molecule has 1 aromatic heterocycles. The molecular formula is C27H27F2N3O3. The van der Waals surface area contributed by atoms with Crippen molar-refractivity contribution in [3.8, 4) is 22.8 Å². The molecule has 8 heteroatoms. The third-order valence-corrected chi connectivity index (χ3v) is 6.52. The second-order valence-electron chi connectivity index (χ2n) is 10.3. The number of fused-ring (bicyclic) bond motifs is 2. The maximum atomic E-state index is 13.4. The van der Waals surface area contributed by atoms with Gasteiger partial charge in [-0.05, 0) is 82.0 Å². The smallest absolute Gasteiger partial charge is 0.395 e. The van der Waals surface area contributed by atoms with Gasteiger partial charge < -0.3 is 20.1 Å².